The Kier molecular flexibility index (Phi) is 2.25. The summed E-state index contributed by atoms with van der Waals surface area (Å²) < 4.78 is 0. The van der Waals surface area contributed by atoms with Crippen LogP contribution >= 0.6 is 0 Å². The van der Waals surface area contributed by atoms with E-state index in [0.29, 0.717) is 0 Å². The van der Waals surface area contributed by atoms with Crippen molar-refractivity contribution in [2.75, 3.05) is 0 Å². The van der Waals surface area contributed by atoms with Crippen LogP contribution in [-0.2, 0) is 0 Å². The average Bonchev–Trinajstić information content (AvgIpc) is 1.37. The zero-order valence-corrected chi connectivity index (χ0v) is 2.28. The minimum atomic E-state index is 1.29. The SMILES string of the molecule is [C]NC=C. The minimum Gasteiger partial charge on any atom is -0.379 e. The van der Waals surface area contributed by atoms with Crippen LogP contribution in [0.4, 0.5) is 0 Å². The molecule has 0 bridgehead atoms. The Labute approximate surface area is 26.3 Å². The molecule has 0 atom stereocenters. The van der Waals surface area contributed by atoms with Gasteiger partial charge in [-0.25, -0.2) is 0 Å². The predicted molar refractivity (Wildman–Crippen MR) is 16.6 cm³/mol. The topological polar surface area (TPSA) is 12.0 Å². The maximum Gasteiger partial charge on any atom is 0.121 e. The Balaban J connectivity index is 2.30. The van der Waals surface area contributed by atoms with Crippen LogP contribution in [0.25, 0.3) is 0 Å². The lowest BCUT2D eigenvalue weighted by molar-refractivity contribution is 1.20. The van der Waals surface area contributed by atoms with Crippen LogP contribution in [0.2, 0.25) is 0 Å². The molecule has 0 amide bonds. The molecule has 0 heterocycles. The van der Waals surface area contributed by atoms with Crippen molar-refractivity contribution in [1.82, 2.24) is 5.32 Å². The first kappa shape index (κ1) is 3.54. The van der Waals surface area contributed by atoms with Crippen LogP contribution in [0.3, 0.4) is 0 Å². The normalized spacial score (nSPS) is 5.25. The quantitative estimate of drug-likeness (QED) is 0.453. The summed E-state index contributed by atoms with van der Waals surface area (Å²) in [7, 11) is 6.08. The Bertz CT molecular complexity index is 17.2. The van der Waals surface area contributed by atoms with E-state index in [1.807, 2.05) is 5.32 Å². The largest absolute Gasteiger partial charge is 0.379 e. The van der Waals surface area contributed by atoms with Crippen molar-refractivity contribution in [1.29, 1.82) is 0 Å². The highest BCUT2D eigenvalue weighted by Gasteiger charge is 1.38. The van der Waals surface area contributed by atoms with Crippen molar-refractivity contribution in [3.63, 3.8) is 0 Å². The van der Waals surface area contributed by atoms with Gasteiger partial charge in [-0.05, 0) is 6.20 Å². The summed E-state index contributed by atoms with van der Waals surface area (Å²) in [6.07, 6.45) is 1.29. The molecule has 4 heavy (non-hydrogen) atoms. The van der Waals surface area contributed by atoms with Gasteiger partial charge in [0.1, 0.15) is 7.05 Å². The fourth-order valence-electron chi connectivity index (χ4n) is 0. The highest BCUT2D eigenvalue weighted by Crippen LogP contribution is 1.36. The van der Waals surface area contributed by atoms with Crippen LogP contribution in [0.5, 0.6) is 0 Å². The highest BCUT2D eigenvalue weighted by molar-refractivity contribution is 4.58. The van der Waals surface area contributed by atoms with E-state index < -0.39 is 0 Å². The fraction of sp³-hybridized carbons (Fsp3) is 0. The van der Waals surface area contributed by atoms with Crippen LogP contribution in [-0.4, -0.2) is 0 Å². The zero-order valence-electron chi connectivity index (χ0n) is 2.28. The van der Waals surface area contributed by atoms with E-state index in [0.717, 1.165) is 0 Å². The Morgan fingerprint density at radius 3 is 2.25 bits per heavy atom. The molecule has 0 saturated carbocycles. The van der Waals surface area contributed by atoms with Gasteiger partial charge in [-0.3, -0.25) is 0 Å². The second-order valence-electron chi connectivity index (χ2n) is 0.348. The predicted octanol–water partition coefficient (Wildman–Crippen LogP) is 0.265. The van der Waals surface area contributed by atoms with Crippen molar-refractivity contribution < 1.29 is 0 Å². The molecule has 0 rings (SSSR count). The molecule has 0 aromatic rings. The van der Waals surface area contributed by atoms with Crippen LogP contribution in [0.1, 0.15) is 0 Å². The third-order valence-electron chi connectivity index (χ3n) is 0.102. The van der Waals surface area contributed by atoms with E-state index in [2.05, 4.69) is 6.58 Å². The molecule has 0 unspecified atom stereocenters. The van der Waals surface area contributed by atoms with Crippen LogP contribution < -0.4 is 5.32 Å². The van der Waals surface area contributed by atoms with Crippen molar-refractivity contribution in [2.45, 2.75) is 0 Å². The van der Waals surface area contributed by atoms with Crippen molar-refractivity contribution in [3.05, 3.63) is 19.8 Å². The zero-order chi connectivity index (χ0) is 3.41. The molecule has 0 fully saturated rings. The van der Waals surface area contributed by atoms with Crippen LogP contribution in [0, 0.1) is 7.05 Å². The van der Waals surface area contributed by atoms with Gasteiger partial charge in [-0.2, -0.15) is 0 Å². The molecular weight excluding hydrogens is 50.0 g/mol. The van der Waals surface area contributed by atoms with Crippen molar-refractivity contribution in [3.8, 4) is 0 Å². The maximum atomic E-state index is 6.08. The molecule has 0 aromatic carbocycles. The summed E-state index contributed by atoms with van der Waals surface area (Å²) in [6.45, 7) is 3.18. The number of rotatable bonds is 1. The standard InChI is InChI=1S/C3H4N/c1-3-4-2/h3-4H,1H2. The first-order valence-electron chi connectivity index (χ1n) is 0.947. The van der Waals surface area contributed by atoms with E-state index in [4.69, 9.17) is 7.05 Å². The van der Waals surface area contributed by atoms with E-state index in [9.17, 15) is 0 Å². The first-order valence-corrected chi connectivity index (χ1v) is 0.947. The van der Waals surface area contributed by atoms with Gasteiger partial charge in [0, 0.05) is 0 Å². The number of nitrogens with one attached hydrogen (secondary N) is 1. The van der Waals surface area contributed by atoms with Gasteiger partial charge in [0.2, 0.25) is 0 Å². The molecule has 0 aliphatic rings. The van der Waals surface area contributed by atoms with E-state index in [1.165, 1.54) is 6.20 Å². The van der Waals surface area contributed by atoms with Gasteiger partial charge in [0.05, 0.1) is 0 Å². The molecule has 0 aromatic heterocycles. The van der Waals surface area contributed by atoms with Crippen molar-refractivity contribution >= 4 is 0 Å². The lowest BCUT2D eigenvalue weighted by Gasteiger charge is -1.68. The molecular formula is C3H4N. The van der Waals surface area contributed by atoms with Gasteiger partial charge in [0.25, 0.3) is 0 Å². The molecule has 1 nitrogen and oxygen atoms in total. The smallest absolute Gasteiger partial charge is 0.121 e. The summed E-state index contributed by atoms with van der Waals surface area (Å²) in [5.74, 6) is 0. The van der Waals surface area contributed by atoms with Gasteiger partial charge >= 0.3 is 0 Å². The summed E-state index contributed by atoms with van der Waals surface area (Å²) in [5, 5.41) is 1.94. The summed E-state index contributed by atoms with van der Waals surface area (Å²) >= 11 is 0. The Hall–Kier alpha value is -0.460. The molecule has 21 valence electrons. The van der Waals surface area contributed by atoms with Gasteiger partial charge in [-0.1, -0.05) is 6.58 Å². The number of hydrogen-bond donors (Lipinski definition) is 1. The third kappa shape index (κ3) is 1.54. The second-order valence-corrected chi connectivity index (χ2v) is 0.348. The average molecular weight is 54.1 g/mol. The first-order chi connectivity index (χ1) is 1.91. The minimum absolute atomic E-state index is 1.29. The summed E-state index contributed by atoms with van der Waals surface area (Å²) in [5.41, 5.74) is 0. The molecule has 1 N–H and O–H groups in total. The Morgan fingerprint density at radius 1 is 2.00 bits per heavy atom. The summed E-state index contributed by atoms with van der Waals surface area (Å²) in [6, 6.07) is 0. The molecule has 0 spiro atoms. The molecule has 0 aliphatic heterocycles. The van der Waals surface area contributed by atoms with Gasteiger partial charge in [-0.15, -0.1) is 0 Å². The lowest BCUT2D eigenvalue weighted by Crippen LogP contribution is -1.82. The molecule has 0 aliphatic carbocycles. The molecule has 0 saturated heterocycles. The van der Waals surface area contributed by atoms with E-state index >= 15 is 0 Å². The van der Waals surface area contributed by atoms with E-state index in [1.54, 1.807) is 0 Å². The highest BCUT2D eigenvalue weighted by atomic mass is 14.8. The molecule has 1 heteroatoms. The van der Waals surface area contributed by atoms with Crippen LogP contribution in [0.15, 0.2) is 12.8 Å². The summed E-state index contributed by atoms with van der Waals surface area (Å²) in [4.78, 5) is 0. The van der Waals surface area contributed by atoms with Crippen molar-refractivity contribution in [2.24, 2.45) is 0 Å². The molecule has 3 radical (unpaired) electrons. The fourth-order valence-corrected chi connectivity index (χ4v) is 0. The maximum absolute atomic E-state index is 6.08. The third-order valence-corrected chi connectivity index (χ3v) is 0.102. The Morgan fingerprint density at radius 2 is 2.25 bits per heavy atom. The monoisotopic (exact) mass is 54.0 g/mol. The second kappa shape index (κ2) is 2.54. The lowest BCUT2D eigenvalue weighted by atomic mass is 11.0. The van der Waals surface area contributed by atoms with Gasteiger partial charge < -0.3 is 5.32 Å². The van der Waals surface area contributed by atoms with Gasteiger partial charge in [0.15, 0.2) is 0 Å². The van der Waals surface area contributed by atoms with E-state index in [-0.39, 0.29) is 0 Å². The number of hydrogen-bond acceptors (Lipinski definition) is 1.